The number of nitrogens with one attached hydrogen (secondary N) is 1. The Morgan fingerprint density at radius 2 is 1.89 bits per heavy atom. The van der Waals surface area contributed by atoms with Crippen LogP contribution in [0.25, 0.3) is 0 Å². The van der Waals surface area contributed by atoms with E-state index in [9.17, 15) is 4.79 Å². The maximum Gasteiger partial charge on any atom is 0.231 e. The molecular formula is C23H28N2O3. The Morgan fingerprint density at radius 1 is 1.04 bits per heavy atom. The van der Waals surface area contributed by atoms with E-state index in [-0.39, 0.29) is 18.7 Å². The number of piperidine rings is 1. The van der Waals surface area contributed by atoms with E-state index >= 15 is 0 Å². The van der Waals surface area contributed by atoms with E-state index in [0.29, 0.717) is 12.8 Å². The van der Waals surface area contributed by atoms with Crippen LogP contribution in [0.15, 0.2) is 48.5 Å². The van der Waals surface area contributed by atoms with Gasteiger partial charge in [-0.1, -0.05) is 36.4 Å². The van der Waals surface area contributed by atoms with Crippen LogP contribution in [0.4, 0.5) is 0 Å². The molecule has 2 aromatic rings. The van der Waals surface area contributed by atoms with Gasteiger partial charge in [0.05, 0.1) is 0 Å². The second kappa shape index (κ2) is 9.11. The Balaban J connectivity index is 1.20. The van der Waals surface area contributed by atoms with Crippen LogP contribution < -0.4 is 14.8 Å². The number of benzene rings is 2. The maximum atomic E-state index is 12.4. The fraction of sp³-hybridized carbons (Fsp3) is 0.435. The van der Waals surface area contributed by atoms with E-state index in [1.807, 2.05) is 18.2 Å². The predicted molar refractivity (Wildman–Crippen MR) is 109 cm³/mol. The van der Waals surface area contributed by atoms with Crippen LogP contribution in [0.5, 0.6) is 11.5 Å². The van der Waals surface area contributed by atoms with Gasteiger partial charge in [0, 0.05) is 25.6 Å². The first-order chi connectivity index (χ1) is 13.8. The number of ether oxygens (including phenoxy) is 2. The summed E-state index contributed by atoms with van der Waals surface area (Å²) in [5, 5.41) is 3.23. The van der Waals surface area contributed by atoms with Gasteiger partial charge in [-0.15, -0.1) is 0 Å². The van der Waals surface area contributed by atoms with E-state index in [2.05, 4.69) is 40.5 Å². The van der Waals surface area contributed by atoms with Gasteiger partial charge in [0.25, 0.3) is 0 Å². The molecular weight excluding hydrogens is 352 g/mol. The molecule has 1 N–H and O–H groups in total. The van der Waals surface area contributed by atoms with Crippen molar-refractivity contribution in [1.82, 2.24) is 10.2 Å². The largest absolute Gasteiger partial charge is 0.454 e. The van der Waals surface area contributed by atoms with Crippen LogP contribution in [-0.2, 0) is 17.6 Å². The normalized spacial score (nSPS) is 18.8. The van der Waals surface area contributed by atoms with Crippen molar-refractivity contribution >= 4 is 5.91 Å². The van der Waals surface area contributed by atoms with Crippen molar-refractivity contribution in [2.24, 2.45) is 0 Å². The molecule has 1 amide bonds. The number of aryl methyl sites for hydroxylation is 1. The number of carbonyl (C=O) groups excluding carboxylic acids is 1. The Labute approximate surface area is 166 Å². The van der Waals surface area contributed by atoms with Crippen molar-refractivity contribution < 1.29 is 14.3 Å². The predicted octanol–water partition coefficient (Wildman–Crippen LogP) is 3.17. The number of rotatable bonds is 7. The van der Waals surface area contributed by atoms with E-state index in [4.69, 9.17) is 9.47 Å². The molecule has 1 saturated heterocycles. The Hall–Kier alpha value is -2.53. The first-order valence-electron chi connectivity index (χ1n) is 10.2. The van der Waals surface area contributed by atoms with Crippen molar-refractivity contribution in [3.8, 4) is 11.5 Å². The lowest BCUT2D eigenvalue weighted by Crippen LogP contribution is -2.48. The van der Waals surface area contributed by atoms with E-state index in [1.165, 1.54) is 5.56 Å². The Kier molecular flexibility index (Phi) is 6.12. The summed E-state index contributed by atoms with van der Waals surface area (Å²) >= 11 is 0. The minimum atomic E-state index is 0.132. The third-order valence-electron chi connectivity index (χ3n) is 5.51. The van der Waals surface area contributed by atoms with E-state index in [0.717, 1.165) is 56.0 Å². The lowest BCUT2D eigenvalue weighted by atomic mass is 10.0. The van der Waals surface area contributed by atoms with Crippen LogP contribution in [0.2, 0.25) is 0 Å². The average Bonchev–Trinajstić information content (AvgIpc) is 3.20. The topological polar surface area (TPSA) is 50.8 Å². The van der Waals surface area contributed by atoms with Gasteiger partial charge in [-0.3, -0.25) is 4.79 Å². The molecule has 4 rings (SSSR count). The first kappa shape index (κ1) is 18.8. The smallest absolute Gasteiger partial charge is 0.231 e. The Bertz CT molecular complexity index is 794. The summed E-state index contributed by atoms with van der Waals surface area (Å²) in [4.78, 5) is 14.9. The van der Waals surface area contributed by atoms with E-state index < -0.39 is 0 Å². The lowest BCUT2D eigenvalue weighted by molar-refractivity contribution is -0.122. The summed E-state index contributed by atoms with van der Waals surface area (Å²) in [7, 11) is 0. The van der Waals surface area contributed by atoms with Gasteiger partial charge in [0.1, 0.15) is 0 Å². The highest BCUT2D eigenvalue weighted by molar-refractivity contribution is 5.76. The highest BCUT2D eigenvalue weighted by atomic mass is 16.7. The minimum Gasteiger partial charge on any atom is -0.454 e. The summed E-state index contributed by atoms with van der Waals surface area (Å²) in [5.41, 5.74) is 2.48. The van der Waals surface area contributed by atoms with Crippen LogP contribution in [-0.4, -0.2) is 43.3 Å². The molecule has 0 spiro atoms. The minimum absolute atomic E-state index is 0.132. The van der Waals surface area contributed by atoms with Gasteiger partial charge in [0.15, 0.2) is 11.5 Å². The van der Waals surface area contributed by atoms with Crippen LogP contribution in [0, 0.1) is 0 Å². The van der Waals surface area contributed by atoms with Crippen molar-refractivity contribution in [3.05, 3.63) is 59.7 Å². The fourth-order valence-electron chi connectivity index (χ4n) is 3.96. The summed E-state index contributed by atoms with van der Waals surface area (Å²) in [5.74, 6) is 1.69. The van der Waals surface area contributed by atoms with Crippen LogP contribution in [0.3, 0.4) is 0 Å². The molecule has 2 aromatic carbocycles. The summed E-state index contributed by atoms with van der Waals surface area (Å²) in [6, 6.07) is 16.8. The van der Waals surface area contributed by atoms with Gasteiger partial charge in [-0.05, 0) is 55.5 Å². The molecule has 0 aliphatic carbocycles. The number of hydrogen-bond donors (Lipinski definition) is 1. The SMILES string of the molecule is O=C(CCc1ccc2c(c1)OCO2)N[C@H]1CCCN(CCc2ccccc2)C1. The molecule has 28 heavy (non-hydrogen) atoms. The average molecular weight is 380 g/mol. The second-order valence-electron chi connectivity index (χ2n) is 7.63. The summed E-state index contributed by atoms with van der Waals surface area (Å²) in [6.45, 7) is 3.40. The molecule has 1 fully saturated rings. The molecule has 0 saturated carbocycles. The molecule has 0 bridgehead atoms. The zero-order valence-corrected chi connectivity index (χ0v) is 16.2. The highest BCUT2D eigenvalue weighted by Crippen LogP contribution is 2.32. The number of hydrogen-bond acceptors (Lipinski definition) is 4. The van der Waals surface area contributed by atoms with Crippen molar-refractivity contribution in [2.45, 2.75) is 38.1 Å². The Morgan fingerprint density at radius 3 is 2.79 bits per heavy atom. The molecule has 2 aliphatic heterocycles. The number of carbonyl (C=O) groups is 1. The monoisotopic (exact) mass is 380 g/mol. The third-order valence-corrected chi connectivity index (χ3v) is 5.51. The molecule has 0 radical (unpaired) electrons. The van der Waals surface area contributed by atoms with Gasteiger partial charge in [-0.25, -0.2) is 0 Å². The van der Waals surface area contributed by atoms with E-state index in [1.54, 1.807) is 0 Å². The molecule has 148 valence electrons. The maximum absolute atomic E-state index is 12.4. The quantitative estimate of drug-likeness (QED) is 0.802. The molecule has 0 aromatic heterocycles. The number of nitrogens with zero attached hydrogens (tertiary/aromatic N) is 1. The standard InChI is InChI=1S/C23H28N2O3/c26-23(11-9-19-8-10-21-22(15-19)28-17-27-21)24-20-7-4-13-25(16-20)14-12-18-5-2-1-3-6-18/h1-3,5-6,8,10,15,20H,4,7,9,11-14,16-17H2,(H,24,26)/t20-/m0/s1. The number of fused-ring (bicyclic) bond motifs is 1. The zero-order valence-electron chi connectivity index (χ0n) is 16.2. The molecule has 2 heterocycles. The fourth-order valence-corrected chi connectivity index (χ4v) is 3.96. The molecule has 0 unspecified atom stereocenters. The zero-order chi connectivity index (χ0) is 19.2. The van der Waals surface area contributed by atoms with Gasteiger partial charge in [-0.2, -0.15) is 0 Å². The highest BCUT2D eigenvalue weighted by Gasteiger charge is 2.21. The van der Waals surface area contributed by atoms with Crippen molar-refractivity contribution in [3.63, 3.8) is 0 Å². The van der Waals surface area contributed by atoms with Gasteiger partial charge >= 0.3 is 0 Å². The molecule has 1 atom stereocenters. The third kappa shape index (κ3) is 5.04. The number of amides is 1. The summed E-state index contributed by atoms with van der Waals surface area (Å²) in [6.07, 6.45) is 4.48. The van der Waals surface area contributed by atoms with Gasteiger partial charge < -0.3 is 19.7 Å². The van der Waals surface area contributed by atoms with Crippen LogP contribution >= 0.6 is 0 Å². The lowest BCUT2D eigenvalue weighted by Gasteiger charge is -2.33. The molecule has 5 heteroatoms. The molecule has 2 aliphatic rings. The summed E-state index contributed by atoms with van der Waals surface area (Å²) < 4.78 is 10.7. The molecule has 5 nitrogen and oxygen atoms in total. The number of likely N-dealkylation sites (tertiary alicyclic amines) is 1. The van der Waals surface area contributed by atoms with Gasteiger partial charge in [0.2, 0.25) is 12.7 Å². The van der Waals surface area contributed by atoms with Crippen molar-refractivity contribution in [1.29, 1.82) is 0 Å². The van der Waals surface area contributed by atoms with Crippen molar-refractivity contribution in [2.75, 3.05) is 26.4 Å². The first-order valence-corrected chi connectivity index (χ1v) is 10.2. The second-order valence-corrected chi connectivity index (χ2v) is 7.63. The van der Waals surface area contributed by atoms with Crippen LogP contribution in [0.1, 0.15) is 30.4 Å².